The highest BCUT2D eigenvalue weighted by molar-refractivity contribution is 7.19. The molecule has 1 N–H and O–H groups in total. The fraction of sp³-hybridized carbons (Fsp3) is 0.364. The van der Waals surface area contributed by atoms with Crippen molar-refractivity contribution in [2.24, 2.45) is 5.92 Å². The van der Waals surface area contributed by atoms with Gasteiger partial charge < -0.3 is 5.11 Å². The van der Waals surface area contributed by atoms with E-state index in [1.165, 1.54) is 11.3 Å². The molecule has 0 saturated heterocycles. The van der Waals surface area contributed by atoms with Crippen molar-refractivity contribution in [3.05, 3.63) is 20.9 Å². The Morgan fingerprint density at radius 1 is 1.39 bits per heavy atom. The van der Waals surface area contributed by atoms with Crippen molar-refractivity contribution < 1.29 is 9.90 Å². The normalized spacial score (nSPS) is 18.9. The molecule has 0 radical (unpaired) electrons. The van der Waals surface area contributed by atoms with Crippen LogP contribution in [0.15, 0.2) is 0 Å². The number of carboxylic acids is 1. The molecule has 1 aliphatic rings. The molecule has 0 fully saturated rings. The van der Waals surface area contributed by atoms with Crippen LogP contribution in [0.25, 0.3) is 10.2 Å². The molecule has 0 aromatic carbocycles. The molecule has 7 heteroatoms. The summed E-state index contributed by atoms with van der Waals surface area (Å²) in [5.41, 5.74) is 0.982. The van der Waals surface area contributed by atoms with Crippen LogP contribution in [0.4, 0.5) is 0 Å². The molecule has 2 aromatic rings. The van der Waals surface area contributed by atoms with Crippen molar-refractivity contribution >= 4 is 50.7 Å². The van der Waals surface area contributed by atoms with Gasteiger partial charge in [-0.05, 0) is 36.4 Å². The van der Waals surface area contributed by atoms with Crippen molar-refractivity contribution in [3.8, 4) is 0 Å². The zero-order chi connectivity index (χ0) is 12.9. The first kappa shape index (κ1) is 12.1. The lowest BCUT2D eigenvalue weighted by Gasteiger charge is -2.18. The summed E-state index contributed by atoms with van der Waals surface area (Å²) in [5.74, 6) is -1.10. The maximum Gasteiger partial charge on any atom is 0.306 e. The van der Waals surface area contributed by atoms with Gasteiger partial charge in [0.1, 0.15) is 9.98 Å². The fourth-order valence-electron chi connectivity index (χ4n) is 2.32. The zero-order valence-electron chi connectivity index (χ0n) is 9.11. The Labute approximate surface area is 117 Å². The molecule has 1 unspecified atom stereocenters. The van der Waals surface area contributed by atoms with Crippen molar-refractivity contribution in [2.45, 2.75) is 19.3 Å². The average Bonchev–Trinajstić information content (AvgIpc) is 2.65. The van der Waals surface area contributed by atoms with Gasteiger partial charge in [0.15, 0.2) is 0 Å². The standard InChI is InChI=1S/C11H8Cl2N2O2S/c12-8-7-5-3-4(10(16)17)1-2-6(5)18-9(7)15-11(13)14-8/h4H,1-3H2,(H,16,17). The van der Waals surface area contributed by atoms with Gasteiger partial charge in [-0.3, -0.25) is 4.79 Å². The SMILES string of the molecule is O=C(O)C1CCc2sc3nc(Cl)nc(Cl)c3c2C1. The highest BCUT2D eigenvalue weighted by Crippen LogP contribution is 2.40. The zero-order valence-corrected chi connectivity index (χ0v) is 11.4. The molecular formula is C11H8Cl2N2O2S. The van der Waals surface area contributed by atoms with Crippen LogP contribution in [0.2, 0.25) is 10.4 Å². The van der Waals surface area contributed by atoms with E-state index in [4.69, 9.17) is 28.3 Å². The summed E-state index contributed by atoms with van der Waals surface area (Å²) in [7, 11) is 0. The van der Waals surface area contributed by atoms with E-state index in [1.54, 1.807) is 0 Å². The number of fused-ring (bicyclic) bond motifs is 3. The minimum Gasteiger partial charge on any atom is -0.481 e. The Kier molecular flexibility index (Phi) is 2.92. The lowest BCUT2D eigenvalue weighted by Crippen LogP contribution is -2.21. The van der Waals surface area contributed by atoms with Crippen LogP contribution >= 0.6 is 34.5 Å². The Morgan fingerprint density at radius 2 is 2.17 bits per heavy atom. The number of hydrogen-bond acceptors (Lipinski definition) is 4. The quantitative estimate of drug-likeness (QED) is 0.649. The lowest BCUT2D eigenvalue weighted by atomic mass is 9.87. The summed E-state index contributed by atoms with van der Waals surface area (Å²) in [5, 5.41) is 10.3. The molecule has 2 heterocycles. The number of aliphatic carboxylic acids is 1. The number of carboxylic acid groups (broad SMARTS) is 1. The number of halogens is 2. The smallest absolute Gasteiger partial charge is 0.306 e. The summed E-state index contributed by atoms with van der Waals surface area (Å²) >= 11 is 13.4. The molecule has 0 amide bonds. The minimum absolute atomic E-state index is 0.126. The summed E-state index contributed by atoms with van der Waals surface area (Å²) in [4.78, 5) is 21.1. The van der Waals surface area contributed by atoms with E-state index in [2.05, 4.69) is 9.97 Å². The van der Waals surface area contributed by atoms with Crippen LogP contribution in [0, 0.1) is 5.92 Å². The molecule has 3 rings (SSSR count). The van der Waals surface area contributed by atoms with Crippen LogP contribution in [0.3, 0.4) is 0 Å². The second-order valence-corrected chi connectivity index (χ2v) is 6.03. The van der Waals surface area contributed by atoms with Gasteiger partial charge >= 0.3 is 5.97 Å². The number of hydrogen-bond donors (Lipinski definition) is 1. The molecule has 4 nitrogen and oxygen atoms in total. The van der Waals surface area contributed by atoms with E-state index in [0.717, 1.165) is 27.1 Å². The molecule has 1 atom stereocenters. The number of nitrogens with zero attached hydrogens (tertiary/aromatic N) is 2. The van der Waals surface area contributed by atoms with E-state index in [9.17, 15) is 4.79 Å². The first-order valence-corrected chi connectivity index (χ1v) is 6.99. The first-order chi connectivity index (χ1) is 8.56. The van der Waals surface area contributed by atoms with Crippen LogP contribution in [0.1, 0.15) is 16.9 Å². The summed E-state index contributed by atoms with van der Waals surface area (Å²) in [6.07, 6.45) is 1.91. The summed E-state index contributed by atoms with van der Waals surface area (Å²) in [6, 6.07) is 0. The number of thiophene rings is 1. The van der Waals surface area contributed by atoms with Gasteiger partial charge in [-0.1, -0.05) is 11.6 Å². The number of aromatic nitrogens is 2. The number of rotatable bonds is 1. The average molecular weight is 303 g/mol. The molecule has 2 aromatic heterocycles. The van der Waals surface area contributed by atoms with Gasteiger partial charge in [0.05, 0.1) is 11.3 Å². The highest BCUT2D eigenvalue weighted by atomic mass is 35.5. The molecule has 0 saturated carbocycles. The molecule has 0 spiro atoms. The van der Waals surface area contributed by atoms with Gasteiger partial charge in [-0.25, -0.2) is 9.97 Å². The second-order valence-electron chi connectivity index (χ2n) is 4.25. The highest BCUT2D eigenvalue weighted by Gasteiger charge is 2.28. The Morgan fingerprint density at radius 3 is 2.89 bits per heavy atom. The van der Waals surface area contributed by atoms with Gasteiger partial charge in [-0.15, -0.1) is 11.3 Å². The second kappa shape index (κ2) is 4.33. The van der Waals surface area contributed by atoms with Gasteiger partial charge in [0.25, 0.3) is 0 Å². The lowest BCUT2D eigenvalue weighted by molar-refractivity contribution is -0.142. The predicted molar refractivity (Wildman–Crippen MR) is 70.6 cm³/mol. The maximum absolute atomic E-state index is 11.1. The van der Waals surface area contributed by atoms with E-state index in [0.29, 0.717) is 18.0 Å². The fourth-order valence-corrected chi connectivity index (χ4v) is 4.14. The largest absolute Gasteiger partial charge is 0.481 e. The minimum atomic E-state index is -0.758. The van der Waals surface area contributed by atoms with Crippen molar-refractivity contribution in [1.82, 2.24) is 9.97 Å². The third-order valence-corrected chi connectivity index (χ3v) is 4.81. The van der Waals surface area contributed by atoms with Crippen molar-refractivity contribution in [1.29, 1.82) is 0 Å². The van der Waals surface area contributed by atoms with E-state index in [1.807, 2.05) is 0 Å². The molecule has 0 aliphatic heterocycles. The van der Waals surface area contributed by atoms with E-state index >= 15 is 0 Å². The maximum atomic E-state index is 11.1. The first-order valence-electron chi connectivity index (χ1n) is 5.42. The summed E-state index contributed by atoms with van der Waals surface area (Å²) in [6.45, 7) is 0. The van der Waals surface area contributed by atoms with Crippen LogP contribution in [-0.2, 0) is 17.6 Å². The third-order valence-electron chi connectivity index (χ3n) is 3.18. The molecule has 1 aliphatic carbocycles. The van der Waals surface area contributed by atoms with Crippen molar-refractivity contribution in [3.63, 3.8) is 0 Å². The Hall–Kier alpha value is -0.910. The van der Waals surface area contributed by atoms with Crippen LogP contribution < -0.4 is 0 Å². The Bertz CT molecular complexity index is 656. The molecular weight excluding hydrogens is 295 g/mol. The van der Waals surface area contributed by atoms with Gasteiger partial charge in [0.2, 0.25) is 5.28 Å². The number of carbonyl (C=O) groups is 1. The number of aryl methyl sites for hydroxylation is 1. The van der Waals surface area contributed by atoms with Gasteiger partial charge in [-0.2, -0.15) is 0 Å². The van der Waals surface area contributed by atoms with Crippen LogP contribution in [-0.4, -0.2) is 21.0 Å². The van der Waals surface area contributed by atoms with E-state index < -0.39 is 5.97 Å². The Balaban J connectivity index is 2.18. The third kappa shape index (κ3) is 1.86. The predicted octanol–water partition coefficient (Wildman–Crippen LogP) is 3.19. The van der Waals surface area contributed by atoms with Crippen LogP contribution in [0.5, 0.6) is 0 Å². The van der Waals surface area contributed by atoms with Gasteiger partial charge in [0, 0.05) is 4.88 Å². The summed E-state index contributed by atoms with van der Waals surface area (Å²) < 4.78 is 0. The molecule has 18 heavy (non-hydrogen) atoms. The van der Waals surface area contributed by atoms with E-state index in [-0.39, 0.29) is 11.2 Å². The topological polar surface area (TPSA) is 63.1 Å². The monoisotopic (exact) mass is 302 g/mol. The van der Waals surface area contributed by atoms with Crippen molar-refractivity contribution in [2.75, 3.05) is 0 Å². The molecule has 94 valence electrons. The molecule has 0 bridgehead atoms.